The van der Waals surface area contributed by atoms with Gasteiger partial charge in [0.25, 0.3) is 5.69 Å². The molecule has 0 radical (unpaired) electrons. The first-order valence-corrected chi connectivity index (χ1v) is 23.3. The van der Waals surface area contributed by atoms with Gasteiger partial charge in [-0.3, -0.25) is 19.7 Å². The monoisotopic (exact) mass is 846 g/mol. The van der Waals surface area contributed by atoms with E-state index in [0.29, 0.717) is 26.1 Å². The molecule has 0 saturated carbocycles. The van der Waals surface area contributed by atoms with Gasteiger partial charge in [0.1, 0.15) is 19.0 Å². The van der Waals surface area contributed by atoms with Gasteiger partial charge < -0.3 is 28.4 Å². The molecule has 0 N–H and O–H groups in total. The molecular formula is C48H79NO11. The Hall–Kier alpha value is -3.77. The molecule has 1 atom stereocenters. The summed E-state index contributed by atoms with van der Waals surface area (Å²) in [5, 5.41) is 11.0. The molecule has 0 aliphatic carbocycles. The number of ether oxygens (including phenoxy) is 6. The van der Waals surface area contributed by atoms with Crippen molar-refractivity contribution in [2.24, 2.45) is 0 Å². The zero-order valence-electron chi connectivity index (χ0n) is 37.4. The third-order valence-corrected chi connectivity index (χ3v) is 9.89. The molecule has 1 unspecified atom stereocenters. The lowest BCUT2D eigenvalue weighted by Gasteiger charge is -2.20. The van der Waals surface area contributed by atoms with E-state index in [4.69, 9.17) is 28.4 Å². The van der Waals surface area contributed by atoms with E-state index in [9.17, 15) is 24.5 Å². The average Bonchev–Trinajstić information content (AvgIpc) is 3.24. The second-order valence-electron chi connectivity index (χ2n) is 15.4. The van der Waals surface area contributed by atoms with Crippen molar-refractivity contribution in [1.29, 1.82) is 0 Å². The maximum atomic E-state index is 12.9. The van der Waals surface area contributed by atoms with Gasteiger partial charge in [-0.1, -0.05) is 141 Å². The largest absolute Gasteiger partial charge is 0.514 e. The smallest absolute Gasteiger partial charge is 0.462 e. The minimum Gasteiger partial charge on any atom is -0.462 e. The van der Waals surface area contributed by atoms with Crippen LogP contribution in [-0.2, 0) is 33.3 Å². The van der Waals surface area contributed by atoms with Crippen LogP contribution in [0, 0.1) is 10.1 Å². The fourth-order valence-electron chi connectivity index (χ4n) is 6.25. The topological polar surface area (TPSA) is 150 Å². The molecule has 0 aromatic heterocycles. The molecule has 1 rings (SSSR count). The van der Waals surface area contributed by atoms with Gasteiger partial charge in [-0.05, 0) is 63.5 Å². The molecule has 60 heavy (non-hydrogen) atoms. The van der Waals surface area contributed by atoms with Crippen molar-refractivity contribution in [2.75, 3.05) is 26.4 Å². The number of unbranched alkanes of at least 4 members (excludes halogenated alkanes) is 18. The maximum Gasteiger partial charge on any atom is 0.514 e. The number of carbonyl (C=O) groups excluding carboxylic acids is 3. The number of hydrogen-bond acceptors (Lipinski definition) is 11. The Morgan fingerprint density at radius 2 is 1.07 bits per heavy atom. The van der Waals surface area contributed by atoms with Crippen LogP contribution in [0.3, 0.4) is 0 Å². The van der Waals surface area contributed by atoms with Gasteiger partial charge in [0.05, 0.1) is 11.3 Å². The SMILES string of the molecule is CCCCC/C=C\C/C=C\CCCCCCCC(=O)OCC(COC(=O)CCC(OCCCCCCCC)OCCCCCCCC)OC(=O)Oc1ccc([N+](=O)[O-])cc1. The van der Waals surface area contributed by atoms with Gasteiger partial charge in [0.15, 0.2) is 12.4 Å². The van der Waals surface area contributed by atoms with Crippen LogP contribution in [0.25, 0.3) is 0 Å². The molecule has 1 aromatic rings. The normalized spacial score (nSPS) is 12.0. The van der Waals surface area contributed by atoms with Crippen molar-refractivity contribution < 1.29 is 47.7 Å². The predicted octanol–water partition coefficient (Wildman–Crippen LogP) is 13.2. The van der Waals surface area contributed by atoms with Crippen LogP contribution < -0.4 is 4.74 Å². The van der Waals surface area contributed by atoms with Crippen molar-refractivity contribution in [1.82, 2.24) is 0 Å². The first kappa shape index (κ1) is 54.2. The average molecular weight is 846 g/mol. The molecule has 0 spiro atoms. The molecule has 1 aromatic carbocycles. The lowest BCUT2D eigenvalue weighted by atomic mass is 10.1. The Kier molecular flexibility index (Phi) is 35.6. The van der Waals surface area contributed by atoms with Crippen LogP contribution in [-0.4, -0.2) is 61.8 Å². The number of rotatable bonds is 40. The highest BCUT2D eigenvalue weighted by molar-refractivity contribution is 5.70. The van der Waals surface area contributed by atoms with Crippen molar-refractivity contribution in [3.63, 3.8) is 0 Å². The summed E-state index contributed by atoms with van der Waals surface area (Å²) in [6.45, 7) is 7.00. The zero-order valence-corrected chi connectivity index (χ0v) is 37.4. The zero-order chi connectivity index (χ0) is 43.7. The minimum absolute atomic E-state index is 0.0181. The molecular weight excluding hydrogens is 767 g/mol. The number of nitro groups is 1. The Labute approximate surface area is 361 Å². The molecule has 0 aliphatic heterocycles. The molecule has 12 heteroatoms. The van der Waals surface area contributed by atoms with E-state index in [1.165, 1.54) is 94.9 Å². The molecule has 0 heterocycles. The molecule has 0 amide bonds. The summed E-state index contributed by atoms with van der Waals surface area (Å²) in [5.41, 5.74) is -0.167. The number of hydrogen-bond donors (Lipinski definition) is 0. The standard InChI is InChI=1S/C48H79NO11/c1-4-7-10-13-16-17-18-19-20-21-22-23-24-25-28-31-45(50)57-40-44(60-48(52)59-43-34-32-42(33-35-43)49(53)54)41-58-46(51)36-37-47(55-38-29-26-14-11-8-5-2)56-39-30-27-15-12-9-6-3/h16-17,19-20,32-35,44,47H,4-15,18,21-31,36-41H2,1-3H3/b17-16-,20-19-. The van der Waals surface area contributed by atoms with Crippen LogP contribution in [0.5, 0.6) is 5.75 Å². The van der Waals surface area contributed by atoms with Gasteiger partial charge >= 0.3 is 18.1 Å². The Morgan fingerprint density at radius 1 is 0.600 bits per heavy atom. The molecule has 12 nitrogen and oxygen atoms in total. The van der Waals surface area contributed by atoms with Gasteiger partial charge in [0, 0.05) is 38.2 Å². The van der Waals surface area contributed by atoms with Crippen LogP contribution in [0.15, 0.2) is 48.6 Å². The second-order valence-corrected chi connectivity index (χ2v) is 15.4. The lowest BCUT2D eigenvalue weighted by Crippen LogP contribution is -2.32. The van der Waals surface area contributed by atoms with Crippen LogP contribution in [0.2, 0.25) is 0 Å². The van der Waals surface area contributed by atoms with Gasteiger partial charge in [-0.15, -0.1) is 0 Å². The van der Waals surface area contributed by atoms with Crippen LogP contribution in [0.1, 0.15) is 188 Å². The van der Waals surface area contributed by atoms with E-state index >= 15 is 0 Å². The first-order valence-electron chi connectivity index (χ1n) is 23.3. The van der Waals surface area contributed by atoms with E-state index in [-0.39, 0.29) is 37.5 Å². The number of nitrogens with zero attached hydrogens (tertiary/aromatic N) is 1. The first-order chi connectivity index (χ1) is 29.3. The molecule has 0 bridgehead atoms. The summed E-state index contributed by atoms with van der Waals surface area (Å²) in [6, 6.07) is 4.91. The third-order valence-electron chi connectivity index (χ3n) is 9.89. The highest BCUT2D eigenvalue weighted by atomic mass is 16.7. The third kappa shape index (κ3) is 33.0. The molecule has 0 aliphatic rings. The number of esters is 2. The lowest BCUT2D eigenvalue weighted by molar-refractivity contribution is -0.384. The summed E-state index contributed by atoms with van der Waals surface area (Å²) in [7, 11) is 0. The number of benzene rings is 1. The summed E-state index contributed by atoms with van der Waals surface area (Å²) in [4.78, 5) is 48.6. The second kappa shape index (κ2) is 39.4. The van der Waals surface area contributed by atoms with Gasteiger partial charge in [-0.2, -0.15) is 0 Å². The van der Waals surface area contributed by atoms with E-state index < -0.39 is 35.4 Å². The van der Waals surface area contributed by atoms with Crippen LogP contribution >= 0.6 is 0 Å². The van der Waals surface area contributed by atoms with Gasteiger partial charge in [0.2, 0.25) is 0 Å². The van der Waals surface area contributed by atoms with E-state index in [0.717, 1.165) is 70.6 Å². The fourth-order valence-corrected chi connectivity index (χ4v) is 6.25. The highest BCUT2D eigenvalue weighted by Crippen LogP contribution is 2.19. The Bertz CT molecular complexity index is 1270. The summed E-state index contributed by atoms with van der Waals surface area (Å²) in [6.07, 6.45) is 32.1. The van der Waals surface area contributed by atoms with E-state index in [2.05, 4.69) is 45.1 Å². The van der Waals surface area contributed by atoms with Crippen LogP contribution in [0.4, 0.5) is 10.5 Å². The minimum atomic E-state index is -1.14. The summed E-state index contributed by atoms with van der Waals surface area (Å²) < 4.78 is 33.5. The molecule has 342 valence electrons. The van der Waals surface area contributed by atoms with E-state index in [1.54, 1.807) is 0 Å². The quantitative estimate of drug-likeness (QED) is 0.00907. The number of carbonyl (C=O) groups is 3. The van der Waals surface area contributed by atoms with E-state index in [1.807, 2.05) is 0 Å². The van der Waals surface area contributed by atoms with Crippen molar-refractivity contribution in [3.05, 3.63) is 58.7 Å². The summed E-state index contributed by atoms with van der Waals surface area (Å²) >= 11 is 0. The number of non-ortho nitro benzene ring substituents is 1. The maximum absolute atomic E-state index is 12.9. The summed E-state index contributed by atoms with van der Waals surface area (Å²) in [5.74, 6) is -0.968. The Balaban J connectivity index is 2.60. The van der Waals surface area contributed by atoms with Gasteiger partial charge in [-0.25, -0.2) is 4.79 Å². The predicted molar refractivity (Wildman–Crippen MR) is 237 cm³/mol. The van der Waals surface area contributed by atoms with Crippen molar-refractivity contribution in [2.45, 2.75) is 200 Å². The number of nitro benzene ring substituents is 1. The van der Waals surface area contributed by atoms with Crippen molar-refractivity contribution >= 4 is 23.8 Å². The highest BCUT2D eigenvalue weighted by Gasteiger charge is 2.22. The van der Waals surface area contributed by atoms with Crippen molar-refractivity contribution in [3.8, 4) is 5.75 Å². The molecule has 0 fully saturated rings. The number of allylic oxidation sites excluding steroid dienone is 4. The fraction of sp³-hybridized carbons (Fsp3) is 0.729. The molecule has 0 saturated heterocycles. The Morgan fingerprint density at radius 3 is 1.62 bits per heavy atom.